The molecular formula is C12H19NOS. The Morgan fingerprint density at radius 3 is 3.27 bits per heavy atom. The molecule has 0 bridgehead atoms. The summed E-state index contributed by atoms with van der Waals surface area (Å²) in [6, 6.07) is 2.18. The molecule has 3 heteroatoms. The Morgan fingerprint density at radius 2 is 2.53 bits per heavy atom. The summed E-state index contributed by atoms with van der Waals surface area (Å²) >= 11 is 1.76. The molecule has 2 nitrogen and oxygen atoms in total. The monoisotopic (exact) mass is 225 g/mol. The second-order valence-electron chi connectivity index (χ2n) is 4.26. The second-order valence-corrected chi connectivity index (χ2v) is 5.04. The van der Waals surface area contributed by atoms with E-state index < -0.39 is 0 Å². The van der Waals surface area contributed by atoms with Gasteiger partial charge in [-0.25, -0.2) is 0 Å². The minimum absolute atomic E-state index is 0.414. The van der Waals surface area contributed by atoms with Crippen LogP contribution in [0.5, 0.6) is 0 Å². The van der Waals surface area contributed by atoms with Crippen molar-refractivity contribution in [1.29, 1.82) is 0 Å². The number of rotatable bonds is 4. The maximum Gasteiger partial charge on any atom is 0.0725 e. The Balaban J connectivity index is 1.68. The molecule has 1 aromatic rings. The topological polar surface area (TPSA) is 21.3 Å². The molecule has 0 radical (unpaired) electrons. The molecular weight excluding hydrogens is 206 g/mol. The van der Waals surface area contributed by atoms with Crippen molar-refractivity contribution in [2.24, 2.45) is 5.92 Å². The Morgan fingerprint density at radius 1 is 1.60 bits per heavy atom. The van der Waals surface area contributed by atoms with Crippen LogP contribution >= 0.6 is 11.3 Å². The number of thiophene rings is 1. The number of hydrogen-bond acceptors (Lipinski definition) is 3. The fourth-order valence-electron chi connectivity index (χ4n) is 1.95. The van der Waals surface area contributed by atoms with Crippen LogP contribution in [-0.4, -0.2) is 25.8 Å². The first-order chi connectivity index (χ1) is 7.36. The third kappa shape index (κ3) is 3.30. The van der Waals surface area contributed by atoms with Crippen molar-refractivity contribution in [1.82, 2.24) is 5.32 Å². The van der Waals surface area contributed by atoms with Crippen molar-refractivity contribution in [3.05, 3.63) is 22.4 Å². The van der Waals surface area contributed by atoms with Crippen molar-refractivity contribution < 1.29 is 4.74 Å². The highest BCUT2D eigenvalue weighted by atomic mass is 32.1. The van der Waals surface area contributed by atoms with E-state index in [2.05, 4.69) is 29.1 Å². The summed E-state index contributed by atoms with van der Waals surface area (Å²) in [5.74, 6) is 0.703. The van der Waals surface area contributed by atoms with Gasteiger partial charge in [0.1, 0.15) is 0 Å². The highest BCUT2D eigenvalue weighted by molar-refractivity contribution is 7.07. The lowest BCUT2D eigenvalue weighted by atomic mass is 9.97. The van der Waals surface area contributed by atoms with Crippen LogP contribution in [0.4, 0.5) is 0 Å². The lowest BCUT2D eigenvalue weighted by molar-refractivity contribution is 0.00579. The summed E-state index contributed by atoms with van der Waals surface area (Å²) in [6.45, 7) is 5.31. The van der Waals surface area contributed by atoms with Crippen molar-refractivity contribution in [2.75, 3.05) is 19.7 Å². The van der Waals surface area contributed by atoms with E-state index in [0.717, 1.165) is 26.1 Å². The summed E-state index contributed by atoms with van der Waals surface area (Å²) in [5.41, 5.74) is 1.40. The molecule has 1 fully saturated rings. The van der Waals surface area contributed by atoms with Crippen LogP contribution in [-0.2, 0) is 11.2 Å². The number of ether oxygens (including phenoxy) is 1. The molecule has 84 valence electrons. The van der Waals surface area contributed by atoms with Gasteiger partial charge in [0, 0.05) is 6.54 Å². The maximum atomic E-state index is 5.91. The minimum Gasteiger partial charge on any atom is -0.376 e. The summed E-state index contributed by atoms with van der Waals surface area (Å²) in [7, 11) is 0. The Bertz CT molecular complexity index is 273. The van der Waals surface area contributed by atoms with Gasteiger partial charge in [-0.1, -0.05) is 6.92 Å². The molecule has 0 aliphatic carbocycles. The van der Waals surface area contributed by atoms with E-state index in [1.807, 2.05) is 0 Å². The predicted octanol–water partition coefficient (Wildman–Crippen LogP) is 2.31. The SMILES string of the molecule is CC1CCNCC1OCCc1ccsc1. The summed E-state index contributed by atoms with van der Waals surface area (Å²) in [6.07, 6.45) is 2.70. The molecule has 1 aliphatic rings. The Labute approximate surface area is 95.6 Å². The van der Waals surface area contributed by atoms with E-state index in [1.165, 1.54) is 12.0 Å². The molecule has 0 saturated carbocycles. The molecule has 2 rings (SSSR count). The number of hydrogen-bond donors (Lipinski definition) is 1. The number of piperidine rings is 1. The van der Waals surface area contributed by atoms with Crippen LogP contribution in [0.1, 0.15) is 18.9 Å². The quantitative estimate of drug-likeness (QED) is 0.849. The highest BCUT2D eigenvalue weighted by Gasteiger charge is 2.20. The highest BCUT2D eigenvalue weighted by Crippen LogP contribution is 2.15. The first kappa shape index (κ1) is 11.1. The average molecular weight is 225 g/mol. The van der Waals surface area contributed by atoms with Crippen LogP contribution in [0, 0.1) is 5.92 Å². The van der Waals surface area contributed by atoms with Crippen molar-refractivity contribution in [2.45, 2.75) is 25.9 Å². The zero-order valence-corrected chi connectivity index (χ0v) is 10.1. The normalized spacial score (nSPS) is 26.7. The molecule has 15 heavy (non-hydrogen) atoms. The molecule has 2 atom stereocenters. The molecule has 1 saturated heterocycles. The Hall–Kier alpha value is -0.380. The second kappa shape index (κ2) is 5.64. The van der Waals surface area contributed by atoms with Gasteiger partial charge in [-0.05, 0) is 47.7 Å². The smallest absolute Gasteiger partial charge is 0.0725 e. The van der Waals surface area contributed by atoms with Crippen molar-refractivity contribution in [3.63, 3.8) is 0 Å². The molecule has 1 aliphatic heterocycles. The van der Waals surface area contributed by atoms with Crippen LogP contribution < -0.4 is 5.32 Å². The largest absolute Gasteiger partial charge is 0.376 e. The molecule has 0 aromatic carbocycles. The minimum atomic E-state index is 0.414. The van der Waals surface area contributed by atoms with Crippen LogP contribution in [0.15, 0.2) is 16.8 Å². The third-order valence-electron chi connectivity index (χ3n) is 3.06. The standard InChI is InChI=1S/C12H19NOS/c1-10-2-5-13-8-12(10)14-6-3-11-4-7-15-9-11/h4,7,9-10,12-13H,2-3,5-6,8H2,1H3. The van der Waals surface area contributed by atoms with Crippen molar-refractivity contribution in [3.8, 4) is 0 Å². The van der Waals surface area contributed by atoms with Gasteiger partial charge in [0.05, 0.1) is 12.7 Å². The van der Waals surface area contributed by atoms with Gasteiger partial charge in [-0.3, -0.25) is 0 Å². The lowest BCUT2D eigenvalue weighted by Gasteiger charge is -2.29. The fraction of sp³-hybridized carbons (Fsp3) is 0.667. The van der Waals surface area contributed by atoms with Gasteiger partial charge in [-0.15, -0.1) is 0 Å². The first-order valence-corrected chi connectivity index (χ1v) is 6.64. The van der Waals surface area contributed by atoms with E-state index in [4.69, 9.17) is 4.74 Å². The predicted molar refractivity (Wildman–Crippen MR) is 64.4 cm³/mol. The van der Waals surface area contributed by atoms with Gasteiger partial charge in [-0.2, -0.15) is 11.3 Å². The number of nitrogens with one attached hydrogen (secondary N) is 1. The molecule has 0 amide bonds. The summed E-state index contributed by atoms with van der Waals surface area (Å²) in [4.78, 5) is 0. The van der Waals surface area contributed by atoms with E-state index in [0.29, 0.717) is 12.0 Å². The fourth-order valence-corrected chi connectivity index (χ4v) is 2.65. The lowest BCUT2D eigenvalue weighted by Crippen LogP contribution is -2.41. The van der Waals surface area contributed by atoms with E-state index in [-0.39, 0.29) is 0 Å². The Kier molecular flexibility index (Phi) is 4.18. The molecule has 1 N–H and O–H groups in total. The molecule has 2 heterocycles. The van der Waals surface area contributed by atoms with Crippen molar-refractivity contribution >= 4 is 11.3 Å². The molecule has 2 unspecified atom stereocenters. The first-order valence-electron chi connectivity index (χ1n) is 5.69. The van der Waals surface area contributed by atoms with Crippen LogP contribution in [0.25, 0.3) is 0 Å². The third-order valence-corrected chi connectivity index (χ3v) is 3.79. The molecule has 1 aromatic heterocycles. The summed E-state index contributed by atoms with van der Waals surface area (Å²) < 4.78 is 5.91. The van der Waals surface area contributed by atoms with Crippen LogP contribution in [0.3, 0.4) is 0 Å². The van der Waals surface area contributed by atoms with Gasteiger partial charge in [0.2, 0.25) is 0 Å². The van der Waals surface area contributed by atoms with Gasteiger partial charge < -0.3 is 10.1 Å². The summed E-state index contributed by atoms with van der Waals surface area (Å²) in [5, 5.41) is 7.71. The average Bonchev–Trinajstić information content (AvgIpc) is 2.74. The van der Waals surface area contributed by atoms with Gasteiger partial charge in [0.15, 0.2) is 0 Å². The van der Waals surface area contributed by atoms with Gasteiger partial charge in [0.25, 0.3) is 0 Å². The maximum absolute atomic E-state index is 5.91. The van der Waals surface area contributed by atoms with E-state index in [9.17, 15) is 0 Å². The van der Waals surface area contributed by atoms with E-state index in [1.54, 1.807) is 11.3 Å². The van der Waals surface area contributed by atoms with Crippen LogP contribution in [0.2, 0.25) is 0 Å². The molecule has 0 spiro atoms. The van der Waals surface area contributed by atoms with Gasteiger partial charge >= 0.3 is 0 Å². The zero-order chi connectivity index (χ0) is 10.5. The van der Waals surface area contributed by atoms with E-state index >= 15 is 0 Å². The zero-order valence-electron chi connectivity index (χ0n) is 9.24.